The van der Waals surface area contributed by atoms with E-state index >= 15 is 0 Å². The average molecular weight is 868 g/mol. The molecule has 5 heteroatoms. The fourth-order valence-corrected chi connectivity index (χ4v) is 18.5. The molecule has 1 N–H and O–H groups in total. The van der Waals surface area contributed by atoms with E-state index in [1.165, 1.54) is 107 Å². The Bertz CT molecular complexity index is 3450. The predicted molar refractivity (Wildman–Crippen MR) is 275 cm³/mol. The smallest absolute Gasteiger partial charge is 0.198 e. The van der Waals surface area contributed by atoms with E-state index < -0.39 is 0 Å². The van der Waals surface area contributed by atoms with Crippen molar-refractivity contribution < 1.29 is 4.74 Å². The van der Waals surface area contributed by atoms with Gasteiger partial charge in [-0.1, -0.05) is 85.2 Å². The number of nitrogens with zero attached hydrogens (tertiary/aromatic N) is 2. The summed E-state index contributed by atoms with van der Waals surface area (Å²) in [5, 5.41) is 6.87. The van der Waals surface area contributed by atoms with Crippen molar-refractivity contribution in [1.82, 2.24) is 4.57 Å². The molecular weight excluding hydrogens is 814 g/mol. The van der Waals surface area contributed by atoms with E-state index in [0.29, 0.717) is 16.2 Å². The van der Waals surface area contributed by atoms with Gasteiger partial charge in [-0.25, -0.2) is 0 Å². The van der Waals surface area contributed by atoms with Gasteiger partial charge in [0.15, 0.2) is 18.8 Å². The van der Waals surface area contributed by atoms with Gasteiger partial charge in [0.2, 0.25) is 0 Å². The zero-order chi connectivity index (χ0) is 43.5. The molecule has 17 rings (SSSR count). The van der Waals surface area contributed by atoms with E-state index in [-0.39, 0.29) is 0 Å². The SMILES string of the molecule is CC1CC2CC3CC(c4cc5c6c(c4)c4cc(C78CC9CC%10CC(C7)C%108C9)ccc4n6-c4cc(N(c6ccccc6)c6ccccc6)cc(-c6cccc7c6Nc6ccccc6O7)c4B5)(C1)C23. The molecule has 0 amide bonds. The van der Waals surface area contributed by atoms with Crippen LogP contribution in [0.1, 0.15) is 75.8 Å². The van der Waals surface area contributed by atoms with Crippen LogP contribution in [0.4, 0.5) is 28.4 Å². The average Bonchev–Trinajstić information content (AvgIpc) is 3.97. The first-order valence-corrected chi connectivity index (χ1v) is 25.8. The Balaban J connectivity index is 0.944. The van der Waals surface area contributed by atoms with E-state index in [9.17, 15) is 0 Å². The minimum atomic E-state index is 0.316. The predicted octanol–water partition coefficient (Wildman–Crippen LogP) is 13.9. The third-order valence-corrected chi connectivity index (χ3v) is 20.6. The van der Waals surface area contributed by atoms with Crippen LogP contribution in [0.25, 0.3) is 38.6 Å². The Morgan fingerprint density at radius 3 is 2.25 bits per heavy atom. The molecule has 2 aliphatic heterocycles. The first-order valence-electron chi connectivity index (χ1n) is 25.8. The molecule has 7 fully saturated rings. The summed E-state index contributed by atoms with van der Waals surface area (Å²) in [6.07, 6.45) is 12.9. The fourth-order valence-electron chi connectivity index (χ4n) is 18.5. The van der Waals surface area contributed by atoms with Gasteiger partial charge in [-0.3, -0.25) is 0 Å². The lowest BCUT2D eigenvalue weighted by molar-refractivity contribution is -0.198. The molecule has 67 heavy (non-hydrogen) atoms. The lowest BCUT2D eigenvalue weighted by Crippen LogP contribution is -2.68. The van der Waals surface area contributed by atoms with Crippen molar-refractivity contribution in [2.75, 3.05) is 10.2 Å². The van der Waals surface area contributed by atoms with Gasteiger partial charge in [0, 0.05) is 50.0 Å². The van der Waals surface area contributed by atoms with Gasteiger partial charge >= 0.3 is 0 Å². The largest absolute Gasteiger partial charge is 0.453 e. The normalized spacial score (nSPS) is 32.1. The molecule has 7 aromatic carbocycles. The number of anilines is 5. The van der Waals surface area contributed by atoms with E-state index in [1.807, 2.05) is 0 Å². The number of aromatic nitrogens is 1. The standard InChI is InChI=1S/C62H54BN3O/c1-35-21-37-23-38-33-60(30-35,56(37)38)40-26-49-47-25-39(61-31-36-22-41-24-42(34-61)62(41,61)32-36)19-20-52(47)66-53-29-45(65(43-11-4-2-5-12-43)44-13-6-3-7-14-44)28-48(57(53)63-50(27-40)59(49)66)46-15-10-18-55-58(46)64-51-16-8-9-17-54(51)67-55/h2-20,25-29,35-38,41-42,56,63-64H,21-24,30-34H2,1H3. The third kappa shape index (κ3) is 4.45. The third-order valence-electron chi connectivity index (χ3n) is 20.6. The Labute approximate surface area is 393 Å². The number of ether oxygens (including phenoxy) is 1. The number of para-hydroxylation sites is 5. The summed E-state index contributed by atoms with van der Waals surface area (Å²) < 4.78 is 9.43. The minimum Gasteiger partial charge on any atom is -0.453 e. The molecule has 10 atom stereocenters. The topological polar surface area (TPSA) is 29.4 Å². The molecule has 10 unspecified atom stereocenters. The van der Waals surface area contributed by atoms with Gasteiger partial charge in [0.25, 0.3) is 0 Å². The maximum Gasteiger partial charge on any atom is 0.198 e. The molecular formula is C62H54BN3O. The molecule has 326 valence electrons. The molecule has 8 aromatic rings. The zero-order valence-corrected chi connectivity index (χ0v) is 38.3. The van der Waals surface area contributed by atoms with Crippen LogP contribution >= 0.6 is 0 Å². The monoisotopic (exact) mass is 867 g/mol. The molecule has 1 spiro atoms. The van der Waals surface area contributed by atoms with Crippen molar-refractivity contribution in [3.05, 3.63) is 157 Å². The Morgan fingerprint density at radius 2 is 1.43 bits per heavy atom. The van der Waals surface area contributed by atoms with Crippen molar-refractivity contribution in [3.63, 3.8) is 0 Å². The summed E-state index contributed by atoms with van der Waals surface area (Å²) in [7, 11) is 0.886. The van der Waals surface area contributed by atoms with E-state index in [1.54, 1.807) is 11.1 Å². The summed E-state index contributed by atoms with van der Waals surface area (Å²) >= 11 is 0. The van der Waals surface area contributed by atoms with Crippen LogP contribution < -0.4 is 25.9 Å². The molecule has 7 aliphatic carbocycles. The van der Waals surface area contributed by atoms with Gasteiger partial charge in [-0.15, -0.1) is 0 Å². The highest BCUT2D eigenvalue weighted by molar-refractivity contribution is 6.73. The number of fused-ring (bicyclic) bond motifs is 8. The molecule has 7 saturated carbocycles. The second kappa shape index (κ2) is 12.5. The van der Waals surface area contributed by atoms with Gasteiger partial charge in [0.1, 0.15) is 0 Å². The Kier molecular flexibility index (Phi) is 6.86. The van der Waals surface area contributed by atoms with Crippen LogP contribution in [0.2, 0.25) is 0 Å². The molecule has 4 nitrogen and oxygen atoms in total. The fraction of sp³-hybridized carbons (Fsp3) is 0.323. The highest BCUT2D eigenvalue weighted by Gasteiger charge is 2.80. The number of hydrogen-bond acceptors (Lipinski definition) is 3. The highest BCUT2D eigenvalue weighted by atomic mass is 16.5. The second-order valence-electron chi connectivity index (χ2n) is 23.3. The number of nitrogens with one attached hydrogen (secondary N) is 1. The summed E-state index contributed by atoms with van der Waals surface area (Å²) in [5.41, 5.74) is 19.5. The first-order chi connectivity index (χ1) is 33.0. The maximum absolute atomic E-state index is 6.70. The number of hydrogen-bond donors (Lipinski definition) is 1. The van der Waals surface area contributed by atoms with E-state index in [0.717, 1.165) is 88.6 Å². The zero-order valence-electron chi connectivity index (χ0n) is 38.3. The van der Waals surface area contributed by atoms with Gasteiger partial charge in [0.05, 0.1) is 16.9 Å². The Hall–Kier alpha value is -6.20. The molecule has 2 bridgehead atoms. The molecule has 3 heterocycles. The van der Waals surface area contributed by atoms with Crippen molar-refractivity contribution in [2.24, 2.45) is 46.8 Å². The van der Waals surface area contributed by atoms with Crippen LogP contribution in [0.3, 0.4) is 0 Å². The van der Waals surface area contributed by atoms with Crippen molar-refractivity contribution in [2.45, 2.75) is 75.5 Å². The second-order valence-corrected chi connectivity index (χ2v) is 23.3. The lowest BCUT2D eigenvalue weighted by atomic mass is 9.31. The highest BCUT2D eigenvalue weighted by Crippen LogP contribution is 2.86. The summed E-state index contributed by atoms with van der Waals surface area (Å²) in [4.78, 5) is 2.46. The van der Waals surface area contributed by atoms with E-state index in [2.05, 4.69) is 167 Å². The van der Waals surface area contributed by atoms with Crippen LogP contribution in [0, 0.1) is 46.8 Å². The van der Waals surface area contributed by atoms with Crippen molar-refractivity contribution in [3.8, 4) is 28.3 Å². The molecule has 1 aromatic heterocycles. The van der Waals surface area contributed by atoms with Gasteiger partial charge in [-0.2, -0.15) is 0 Å². The quantitative estimate of drug-likeness (QED) is 0.169. The summed E-state index contributed by atoms with van der Waals surface area (Å²) in [5.74, 6) is 8.09. The minimum absolute atomic E-state index is 0.316. The molecule has 9 aliphatic rings. The van der Waals surface area contributed by atoms with Crippen LogP contribution in [-0.2, 0) is 10.8 Å². The van der Waals surface area contributed by atoms with Crippen LogP contribution in [-0.4, -0.2) is 11.8 Å². The first kappa shape index (κ1) is 36.9. The van der Waals surface area contributed by atoms with Gasteiger partial charge in [-0.05, 0) is 205 Å². The Morgan fingerprint density at radius 1 is 0.627 bits per heavy atom. The van der Waals surface area contributed by atoms with Crippen molar-refractivity contribution in [1.29, 1.82) is 0 Å². The lowest BCUT2D eigenvalue weighted by Gasteiger charge is -2.73. The van der Waals surface area contributed by atoms with Crippen LogP contribution in [0.15, 0.2) is 146 Å². The number of rotatable bonds is 6. The van der Waals surface area contributed by atoms with Gasteiger partial charge < -0.3 is 19.5 Å². The summed E-state index contributed by atoms with van der Waals surface area (Å²) in [6, 6.07) is 55.4. The molecule has 0 saturated heterocycles. The van der Waals surface area contributed by atoms with Crippen molar-refractivity contribution >= 4 is 68.4 Å². The van der Waals surface area contributed by atoms with Crippen LogP contribution in [0.5, 0.6) is 11.5 Å². The summed E-state index contributed by atoms with van der Waals surface area (Å²) in [6.45, 7) is 2.56. The number of benzene rings is 7. The maximum atomic E-state index is 6.70. The van der Waals surface area contributed by atoms with E-state index in [4.69, 9.17) is 4.74 Å². The molecule has 0 radical (unpaired) electrons.